The zero-order chi connectivity index (χ0) is 21.3. The Morgan fingerprint density at radius 3 is 1.04 bits per heavy atom. The predicted molar refractivity (Wildman–Crippen MR) is 101 cm³/mol. The lowest BCUT2D eigenvalue weighted by molar-refractivity contribution is -0.128. The minimum atomic E-state index is -0.0475. The third kappa shape index (κ3) is 24.3. The van der Waals surface area contributed by atoms with Gasteiger partial charge in [-0.25, -0.2) is 0 Å². The lowest BCUT2D eigenvalue weighted by Gasteiger charge is -1.98. The molecule has 0 aliphatic rings. The molecule has 0 aromatic rings. The molecule has 0 unspecified atom stereocenters. The van der Waals surface area contributed by atoms with Crippen LogP contribution in [0.5, 0.6) is 0 Å². The van der Waals surface area contributed by atoms with Crippen molar-refractivity contribution in [3.63, 3.8) is 0 Å². The van der Waals surface area contributed by atoms with E-state index in [2.05, 4.69) is 0 Å². The summed E-state index contributed by atoms with van der Waals surface area (Å²) in [5.41, 5.74) is 0. The highest BCUT2D eigenvalue weighted by atomic mass is 16.2. The number of rotatable bonds is 10. The Bertz CT molecular complexity index is 475. The van der Waals surface area contributed by atoms with E-state index in [1.54, 1.807) is 34.6 Å². The first-order chi connectivity index (χ1) is 11.9. The van der Waals surface area contributed by atoms with E-state index < -0.39 is 0 Å². The van der Waals surface area contributed by atoms with E-state index in [-0.39, 0.29) is 59.9 Å². The van der Waals surface area contributed by atoms with Crippen molar-refractivity contribution in [2.45, 2.75) is 87.0 Å². The van der Waals surface area contributed by atoms with Crippen LogP contribution in [0.3, 0.4) is 0 Å². The van der Waals surface area contributed by atoms with Gasteiger partial charge < -0.3 is 0 Å². The van der Waals surface area contributed by atoms with E-state index in [1.807, 2.05) is 0 Å². The molecule has 0 spiro atoms. The summed E-state index contributed by atoms with van der Waals surface area (Å²) in [5, 5.41) is 0. The number of ketones is 6. The van der Waals surface area contributed by atoms with Crippen LogP contribution in [0.2, 0.25) is 0 Å². The molecular formula is C20H34O6. The largest absolute Gasteiger partial charge is 0.300 e. The number of Topliss-reactive ketones (excluding diaryl/α,β-unsaturated/α-hetero) is 6. The third-order valence-electron chi connectivity index (χ3n) is 3.09. The smallest absolute Gasteiger partial charge is 0.142 e. The molecule has 0 aromatic carbocycles. The Balaban J connectivity index is -0.000000306. The van der Waals surface area contributed by atoms with Gasteiger partial charge in [0, 0.05) is 25.2 Å². The van der Waals surface area contributed by atoms with E-state index in [1.165, 1.54) is 13.8 Å². The van der Waals surface area contributed by atoms with Crippen molar-refractivity contribution in [3.8, 4) is 0 Å². The second-order valence-electron chi connectivity index (χ2n) is 6.23. The molecular weight excluding hydrogens is 336 g/mol. The molecule has 0 N–H and O–H groups in total. The van der Waals surface area contributed by atoms with Crippen molar-refractivity contribution in [1.29, 1.82) is 0 Å². The fourth-order valence-electron chi connectivity index (χ4n) is 1.32. The quantitative estimate of drug-likeness (QED) is 0.546. The van der Waals surface area contributed by atoms with E-state index >= 15 is 0 Å². The highest BCUT2D eigenvalue weighted by Gasteiger charge is 2.08. The molecule has 0 radical (unpaired) electrons. The molecule has 6 nitrogen and oxygen atoms in total. The molecule has 0 saturated heterocycles. The molecule has 6 heteroatoms. The first-order valence-corrected chi connectivity index (χ1v) is 8.97. The summed E-state index contributed by atoms with van der Waals surface area (Å²) < 4.78 is 0. The molecule has 26 heavy (non-hydrogen) atoms. The maximum atomic E-state index is 10.7. The van der Waals surface area contributed by atoms with Crippen molar-refractivity contribution in [2.24, 2.45) is 5.92 Å². The van der Waals surface area contributed by atoms with Crippen LogP contribution in [0, 0.1) is 5.92 Å². The molecule has 0 atom stereocenters. The van der Waals surface area contributed by atoms with E-state index in [0.29, 0.717) is 19.3 Å². The van der Waals surface area contributed by atoms with Crippen molar-refractivity contribution in [1.82, 2.24) is 0 Å². The van der Waals surface area contributed by atoms with Gasteiger partial charge in [-0.05, 0) is 13.8 Å². The third-order valence-corrected chi connectivity index (χ3v) is 3.09. The molecule has 0 aliphatic heterocycles. The van der Waals surface area contributed by atoms with Gasteiger partial charge in [-0.15, -0.1) is 0 Å². The van der Waals surface area contributed by atoms with Crippen molar-refractivity contribution in [2.75, 3.05) is 0 Å². The van der Waals surface area contributed by atoms with Crippen LogP contribution in [0.4, 0.5) is 0 Å². The molecule has 0 aromatic heterocycles. The average molecular weight is 370 g/mol. The standard InChI is InChI=1S/2C7H12O2.C6H10O2/c1-5(2)7(9)4-6(3)8;1-3-6(8)5-7(9)4-2;1-3-6(8)4-5(2)7/h5H,4H2,1-3H3;3-5H2,1-2H3;3-4H2,1-2H3. The summed E-state index contributed by atoms with van der Waals surface area (Å²) in [6.07, 6.45) is 1.76. The van der Waals surface area contributed by atoms with Crippen molar-refractivity contribution < 1.29 is 28.8 Å². The second kappa shape index (κ2) is 17.8. The number of carbonyl (C=O) groups excluding carboxylic acids is 6. The predicted octanol–water partition coefficient (Wildman–Crippen LogP) is 3.47. The summed E-state index contributed by atoms with van der Waals surface area (Å²) >= 11 is 0. The number of carbonyl (C=O) groups is 6. The Labute approximate surface area is 157 Å². The normalized spacial score (nSPS) is 9.23. The zero-order valence-corrected chi connectivity index (χ0v) is 17.3. The van der Waals surface area contributed by atoms with Crippen LogP contribution in [0.25, 0.3) is 0 Å². The molecule has 0 fully saturated rings. The van der Waals surface area contributed by atoms with Crippen LogP contribution < -0.4 is 0 Å². The van der Waals surface area contributed by atoms with Gasteiger partial charge in [-0.2, -0.15) is 0 Å². The SMILES string of the molecule is CC(=O)CC(=O)C(C)C.CCC(=O)CC(=O)CC.CCC(=O)CC(C)=O. The van der Waals surface area contributed by atoms with Gasteiger partial charge in [0.1, 0.15) is 34.7 Å². The molecule has 150 valence electrons. The highest BCUT2D eigenvalue weighted by Crippen LogP contribution is 1.98. The van der Waals surface area contributed by atoms with Crippen LogP contribution in [0.15, 0.2) is 0 Å². The van der Waals surface area contributed by atoms with E-state index in [0.717, 1.165) is 0 Å². The first-order valence-electron chi connectivity index (χ1n) is 8.97. The van der Waals surface area contributed by atoms with Gasteiger partial charge in [0.25, 0.3) is 0 Å². The fraction of sp³-hybridized carbons (Fsp3) is 0.700. The summed E-state index contributed by atoms with van der Waals surface area (Å²) in [7, 11) is 0. The Kier molecular flexibility index (Phi) is 19.8. The number of hydrogen-bond acceptors (Lipinski definition) is 6. The summed E-state index contributed by atoms with van der Waals surface area (Å²) in [6.45, 7) is 11.7. The van der Waals surface area contributed by atoms with Crippen LogP contribution in [0.1, 0.15) is 87.0 Å². The van der Waals surface area contributed by atoms with E-state index in [4.69, 9.17) is 0 Å². The molecule has 0 bridgehead atoms. The lowest BCUT2D eigenvalue weighted by Crippen LogP contribution is -2.10. The average Bonchev–Trinajstić information content (AvgIpc) is 2.54. The van der Waals surface area contributed by atoms with Gasteiger partial charge >= 0.3 is 0 Å². The van der Waals surface area contributed by atoms with Gasteiger partial charge in [-0.3, -0.25) is 28.8 Å². The molecule has 0 heterocycles. The maximum Gasteiger partial charge on any atom is 0.142 e. The van der Waals surface area contributed by atoms with Gasteiger partial charge in [-0.1, -0.05) is 34.6 Å². The number of hydrogen-bond donors (Lipinski definition) is 0. The minimum absolute atomic E-state index is 0.00565. The van der Waals surface area contributed by atoms with Gasteiger partial charge in [0.15, 0.2) is 0 Å². The van der Waals surface area contributed by atoms with Gasteiger partial charge in [0.05, 0.1) is 19.3 Å². The van der Waals surface area contributed by atoms with E-state index in [9.17, 15) is 28.8 Å². The minimum Gasteiger partial charge on any atom is -0.300 e. The lowest BCUT2D eigenvalue weighted by atomic mass is 10.1. The van der Waals surface area contributed by atoms with Crippen molar-refractivity contribution in [3.05, 3.63) is 0 Å². The van der Waals surface area contributed by atoms with Crippen molar-refractivity contribution >= 4 is 34.7 Å². The first kappa shape index (κ1) is 28.8. The van der Waals surface area contributed by atoms with Crippen LogP contribution in [-0.4, -0.2) is 34.7 Å². The van der Waals surface area contributed by atoms with Gasteiger partial charge in [0.2, 0.25) is 0 Å². The summed E-state index contributed by atoms with van der Waals surface area (Å²) in [6, 6.07) is 0. The second-order valence-corrected chi connectivity index (χ2v) is 6.23. The summed E-state index contributed by atoms with van der Waals surface area (Å²) in [4.78, 5) is 62.8. The Morgan fingerprint density at radius 1 is 0.577 bits per heavy atom. The Morgan fingerprint density at radius 2 is 0.885 bits per heavy atom. The van der Waals surface area contributed by atoms with Crippen LogP contribution >= 0.6 is 0 Å². The van der Waals surface area contributed by atoms with Crippen LogP contribution in [-0.2, 0) is 28.8 Å². The maximum absolute atomic E-state index is 10.7. The molecule has 0 amide bonds. The molecule has 0 rings (SSSR count). The molecule has 0 saturated carbocycles. The highest BCUT2D eigenvalue weighted by molar-refractivity contribution is 5.99. The topological polar surface area (TPSA) is 102 Å². The zero-order valence-electron chi connectivity index (χ0n) is 17.3. The Hall–Kier alpha value is -1.98. The molecule has 0 aliphatic carbocycles. The fourth-order valence-corrected chi connectivity index (χ4v) is 1.32. The monoisotopic (exact) mass is 370 g/mol. The summed E-state index contributed by atoms with van der Waals surface area (Å²) in [5.74, 6) is 0.0446.